The van der Waals surface area contributed by atoms with Gasteiger partial charge in [0.25, 0.3) is 0 Å². The largest absolute Gasteiger partial charge is 0.453 e. The van der Waals surface area contributed by atoms with Gasteiger partial charge in [-0.15, -0.1) is 0 Å². The Morgan fingerprint density at radius 1 is 1.00 bits per heavy atom. The number of ether oxygens (including phenoxy) is 2. The van der Waals surface area contributed by atoms with Gasteiger partial charge in [0.15, 0.2) is 0 Å². The lowest BCUT2D eigenvalue weighted by Gasteiger charge is -2.40. The number of aliphatic hydroxyl groups excluding tert-OH is 1. The Morgan fingerprint density at radius 3 is 2.24 bits per heavy atom. The van der Waals surface area contributed by atoms with Crippen molar-refractivity contribution in [2.75, 3.05) is 20.3 Å². The number of likely N-dealkylation sites (tertiary alicyclic amines) is 1. The van der Waals surface area contributed by atoms with Crippen molar-refractivity contribution in [1.82, 2.24) is 4.90 Å². The molecule has 3 aromatic carbocycles. The molecule has 168 valence electrons. The molecule has 3 aromatic rings. The zero-order valence-electron chi connectivity index (χ0n) is 18.6. The second-order valence-corrected chi connectivity index (χ2v) is 9.41. The molecule has 0 unspecified atom stereocenters. The molecule has 6 rings (SSSR count). The Kier molecular flexibility index (Phi) is 4.78. The normalized spacial score (nSPS) is 27.8. The fraction of sp³-hybridized carbons (Fsp3) is 0.321. The summed E-state index contributed by atoms with van der Waals surface area (Å²) in [6.07, 6.45) is -0.735. The number of nitrogens with zero attached hydrogens (tertiary/aromatic N) is 1. The number of benzene rings is 3. The Hall–Kier alpha value is -3.15. The van der Waals surface area contributed by atoms with Crippen LogP contribution in [0.2, 0.25) is 0 Å². The minimum atomic E-state index is -0.737. The third kappa shape index (κ3) is 2.96. The number of hydrogen-bond acceptors (Lipinski definition) is 4. The van der Waals surface area contributed by atoms with Crippen LogP contribution < -0.4 is 0 Å². The van der Waals surface area contributed by atoms with Crippen LogP contribution in [0.4, 0.5) is 4.79 Å². The lowest BCUT2D eigenvalue weighted by atomic mass is 9.64. The van der Waals surface area contributed by atoms with Crippen molar-refractivity contribution >= 4 is 6.09 Å². The molecular formula is C28H27NO4. The number of aliphatic hydroxyl groups is 1. The van der Waals surface area contributed by atoms with Gasteiger partial charge in [0.05, 0.1) is 25.9 Å². The first-order chi connectivity index (χ1) is 16.1. The van der Waals surface area contributed by atoms with Crippen molar-refractivity contribution in [3.8, 4) is 11.1 Å². The first-order valence-electron chi connectivity index (χ1n) is 11.5. The highest BCUT2D eigenvalue weighted by Gasteiger charge is 2.64. The van der Waals surface area contributed by atoms with Crippen LogP contribution in [-0.4, -0.2) is 54.6 Å². The van der Waals surface area contributed by atoms with E-state index in [2.05, 4.69) is 72.8 Å². The highest BCUT2D eigenvalue weighted by atomic mass is 16.5. The molecule has 0 spiro atoms. The van der Waals surface area contributed by atoms with Gasteiger partial charge in [-0.05, 0) is 34.2 Å². The fourth-order valence-corrected chi connectivity index (χ4v) is 6.56. The minimum absolute atomic E-state index is 0.0255. The summed E-state index contributed by atoms with van der Waals surface area (Å²) in [4.78, 5) is 14.6. The van der Waals surface area contributed by atoms with E-state index in [0.29, 0.717) is 6.54 Å². The van der Waals surface area contributed by atoms with Gasteiger partial charge in [0.2, 0.25) is 0 Å². The number of amides is 1. The predicted octanol–water partition coefficient (Wildman–Crippen LogP) is 4.24. The van der Waals surface area contributed by atoms with Crippen molar-refractivity contribution in [3.63, 3.8) is 0 Å². The minimum Gasteiger partial charge on any atom is -0.453 e. The Labute approximate surface area is 193 Å². The number of rotatable bonds is 3. The van der Waals surface area contributed by atoms with Crippen LogP contribution >= 0.6 is 0 Å². The maximum atomic E-state index is 12.9. The Bertz CT molecular complexity index is 1150. The van der Waals surface area contributed by atoms with Crippen LogP contribution in [0, 0.1) is 5.41 Å². The van der Waals surface area contributed by atoms with Crippen LogP contribution in [0.15, 0.2) is 78.9 Å². The Balaban J connectivity index is 1.58. The van der Waals surface area contributed by atoms with E-state index >= 15 is 0 Å². The van der Waals surface area contributed by atoms with Crippen LogP contribution in [0.3, 0.4) is 0 Å². The van der Waals surface area contributed by atoms with E-state index < -0.39 is 23.7 Å². The van der Waals surface area contributed by atoms with Crippen LogP contribution in [0.5, 0.6) is 0 Å². The average molecular weight is 442 g/mol. The molecule has 0 radical (unpaired) electrons. The van der Waals surface area contributed by atoms with Gasteiger partial charge in [-0.25, -0.2) is 4.79 Å². The van der Waals surface area contributed by atoms with Crippen molar-refractivity contribution in [2.45, 2.75) is 30.6 Å². The molecule has 0 bridgehead atoms. The summed E-state index contributed by atoms with van der Waals surface area (Å²) in [5, 5.41) is 10.9. The highest BCUT2D eigenvalue weighted by molar-refractivity contribution is 5.80. The van der Waals surface area contributed by atoms with Crippen molar-refractivity contribution in [1.29, 1.82) is 0 Å². The molecule has 2 aliphatic heterocycles. The van der Waals surface area contributed by atoms with Crippen LogP contribution in [0.1, 0.15) is 22.6 Å². The zero-order valence-corrected chi connectivity index (χ0v) is 18.6. The first-order valence-corrected chi connectivity index (χ1v) is 11.5. The quantitative estimate of drug-likeness (QED) is 0.661. The van der Waals surface area contributed by atoms with E-state index in [4.69, 9.17) is 9.47 Å². The molecule has 1 aliphatic carbocycles. The summed E-state index contributed by atoms with van der Waals surface area (Å²) in [7, 11) is 1.40. The molecule has 5 nitrogen and oxygen atoms in total. The van der Waals surface area contributed by atoms with E-state index in [9.17, 15) is 9.90 Å². The van der Waals surface area contributed by atoms with Gasteiger partial charge in [-0.1, -0.05) is 78.9 Å². The molecule has 2 fully saturated rings. The van der Waals surface area contributed by atoms with Gasteiger partial charge in [-0.2, -0.15) is 0 Å². The van der Waals surface area contributed by atoms with Crippen molar-refractivity contribution in [2.24, 2.45) is 5.41 Å². The highest BCUT2D eigenvalue weighted by Crippen LogP contribution is 2.60. The van der Waals surface area contributed by atoms with Crippen LogP contribution in [-0.2, 0) is 15.9 Å². The molecule has 1 amide bonds. The lowest BCUT2D eigenvalue weighted by Crippen LogP contribution is -2.44. The number of carbonyl (C=O) groups excluding carboxylic acids is 1. The third-order valence-corrected chi connectivity index (χ3v) is 7.74. The van der Waals surface area contributed by atoms with E-state index in [0.717, 1.165) is 6.42 Å². The summed E-state index contributed by atoms with van der Waals surface area (Å²) >= 11 is 0. The number of methoxy groups -OCH3 is 1. The predicted molar refractivity (Wildman–Crippen MR) is 125 cm³/mol. The lowest BCUT2D eigenvalue weighted by molar-refractivity contribution is 0.00557. The summed E-state index contributed by atoms with van der Waals surface area (Å²) in [5.74, 6) is 0.0255. The van der Waals surface area contributed by atoms with Gasteiger partial charge < -0.3 is 14.6 Å². The van der Waals surface area contributed by atoms with E-state index in [-0.39, 0.29) is 18.6 Å². The number of hydrogen-bond donors (Lipinski definition) is 1. The molecular weight excluding hydrogens is 414 g/mol. The Morgan fingerprint density at radius 2 is 1.61 bits per heavy atom. The molecule has 4 atom stereocenters. The SMILES string of the molecule is COC(=O)N1C[C@@](Cc2ccccc2)(C2c3ccccc3-c3ccccc32)[C@H]2OC[C@H](O)[C@H]21. The fourth-order valence-electron chi connectivity index (χ4n) is 6.56. The molecule has 2 saturated heterocycles. The second kappa shape index (κ2) is 7.72. The first kappa shape index (κ1) is 20.5. The summed E-state index contributed by atoms with van der Waals surface area (Å²) in [6, 6.07) is 27.1. The molecule has 33 heavy (non-hydrogen) atoms. The van der Waals surface area contributed by atoms with Crippen LogP contribution in [0.25, 0.3) is 11.1 Å². The maximum absolute atomic E-state index is 12.9. The zero-order chi connectivity index (χ0) is 22.6. The molecule has 5 heteroatoms. The molecule has 0 saturated carbocycles. The summed E-state index contributed by atoms with van der Waals surface area (Å²) in [5.41, 5.74) is 5.71. The molecule has 0 aromatic heterocycles. The summed E-state index contributed by atoms with van der Waals surface area (Å²) < 4.78 is 11.5. The van der Waals surface area contributed by atoms with Crippen molar-refractivity contribution < 1.29 is 19.4 Å². The van der Waals surface area contributed by atoms with E-state index in [1.54, 1.807) is 4.90 Å². The van der Waals surface area contributed by atoms with Crippen molar-refractivity contribution in [3.05, 3.63) is 95.6 Å². The number of fused-ring (bicyclic) bond motifs is 4. The number of carbonyl (C=O) groups is 1. The van der Waals surface area contributed by atoms with Gasteiger partial charge in [0.1, 0.15) is 6.10 Å². The monoisotopic (exact) mass is 441 g/mol. The topological polar surface area (TPSA) is 59.0 Å². The smallest absolute Gasteiger partial charge is 0.409 e. The standard InChI is InChI=1S/C28H27NO4/c1-32-27(31)29-17-28(15-18-9-3-2-4-10-18,26-25(29)23(30)16-33-26)24-21-13-7-5-11-19(21)20-12-6-8-14-22(20)24/h2-14,23-26,30H,15-17H2,1H3/t23-,25+,26-,28-/m0/s1. The summed E-state index contributed by atoms with van der Waals surface area (Å²) in [6.45, 7) is 0.670. The van der Waals surface area contributed by atoms with Gasteiger partial charge in [-0.3, -0.25) is 4.90 Å². The van der Waals surface area contributed by atoms with Gasteiger partial charge >= 0.3 is 6.09 Å². The molecule has 3 aliphatic rings. The van der Waals surface area contributed by atoms with Gasteiger partial charge in [0, 0.05) is 17.9 Å². The average Bonchev–Trinajstić information content (AvgIpc) is 3.50. The van der Waals surface area contributed by atoms with E-state index in [1.807, 2.05) is 6.07 Å². The van der Waals surface area contributed by atoms with E-state index in [1.165, 1.54) is 34.9 Å². The third-order valence-electron chi connectivity index (χ3n) is 7.74. The maximum Gasteiger partial charge on any atom is 0.409 e. The molecule has 1 N–H and O–H groups in total. The molecule has 2 heterocycles. The second-order valence-electron chi connectivity index (χ2n) is 9.41.